The second kappa shape index (κ2) is 4.20. The lowest BCUT2D eigenvalue weighted by atomic mass is 9.83. The van der Waals surface area contributed by atoms with Crippen LogP contribution in [0.3, 0.4) is 0 Å². The third kappa shape index (κ3) is 1.88. The van der Waals surface area contributed by atoms with Crippen molar-refractivity contribution in [3.8, 4) is 0 Å². The van der Waals surface area contributed by atoms with Crippen molar-refractivity contribution in [2.75, 3.05) is 0 Å². The molecular formula is C15H22O. The zero-order valence-electron chi connectivity index (χ0n) is 10.7. The largest absolute Gasteiger partial charge is 0.295 e. The highest BCUT2D eigenvalue weighted by Gasteiger charge is 2.38. The van der Waals surface area contributed by atoms with Gasteiger partial charge in [-0.1, -0.05) is 24.6 Å². The Morgan fingerprint density at radius 1 is 1.44 bits per heavy atom. The summed E-state index contributed by atoms with van der Waals surface area (Å²) >= 11 is 0. The van der Waals surface area contributed by atoms with E-state index in [1.165, 1.54) is 23.1 Å². The van der Waals surface area contributed by atoms with Gasteiger partial charge in [0, 0.05) is 6.42 Å². The third-order valence-corrected chi connectivity index (χ3v) is 4.43. The van der Waals surface area contributed by atoms with E-state index in [9.17, 15) is 4.79 Å². The first-order valence-corrected chi connectivity index (χ1v) is 6.39. The van der Waals surface area contributed by atoms with Crippen LogP contribution in [-0.4, -0.2) is 5.78 Å². The lowest BCUT2D eigenvalue weighted by molar-refractivity contribution is -0.114. The van der Waals surface area contributed by atoms with Crippen LogP contribution in [0, 0.1) is 17.8 Å². The van der Waals surface area contributed by atoms with E-state index in [4.69, 9.17) is 0 Å². The first kappa shape index (κ1) is 11.6. The van der Waals surface area contributed by atoms with Gasteiger partial charge in [0.1, 0.15) is 0 Å². The Bertz CT molecular complexity index is 362. The van der Waals surface area contributed by atoms with Gasteiger partial charge >= 0.3 is 0 Å². The summed E-state index contributed by atoms with van der Waals surface area (Å²) in [4.78, 5) is 12.0. The Hall–Kier alpha value is -0.850. The molecule has 0 N–H and O–H groups in total. The fraction of sp³-hybridized carbons (Fsp3) is 0.667. The maximum absolute atomic E-state index is 12.0. The normalized spacial score (nSPS) is 34.9. The average molecular weight is 218 g/mol. The van der Waals surface area contributed by atoms with Gasteiger partial charge in [0.25, 0.3) is 0 Å². The number of allylic oxidation sites excluding steroid dienone is 3. The van der Waals surface area contributed by atoms with Crippen LogP contribution in [-0.2, 0) is 4.79 Å². The molecule has 16 heavy (non-hydrogen) atoms. The topological polar surface area (TPSA) is 17.1 Å². The zero-order chi connectivity index (χ0) is 11.9. The van der Waals surface area contributed by atoms with Crippen LogP contribution >= 0.6 is 0 Å². The minimum Gasteiger partial charge on any atom is -0.295 e. The SMILES string of the molecule is C=C(C)C1CCC(C)=C2C(=O)C[C@H](C)C2C1. The summed E-state index contributed by atoms with van der Waals surface area (Å²) < 4.78 is 0. The van der Waals surface area contributed by atoms with Crippen molar-refractivity contribution in [3.63, 3.8) is 0 Å². The molecule has 0 aromatic heterocycles. The highest BCUT2D eigenvalue weighted by Crippen LogP contribution is 2.44. The molecule has 0 radical (unpaired) electrons. The summed E-state index contributed by atoms with van der Waals surface area (Å²) in [7, 11) is 0. The van der Waals surface area contributed by atoms with Gasteiger partial charge < -0.3 is 0 Å². The fourth-order valence-corrected chi connectivity index (χ4v) is 3.34. The van der Waals surface area contributed by atoms with Crippen molar-refractivity contribution in [2.24, 2.45) is 17.8 Å². The van der Waals surface area contributed by atoms with E-state index >= 15 is 0 Å². The Morgan fingerprint density at radius 2 is 2.12 bits per heavy atom. The Labute approximate surface area is 98.6 Å². The minimum atomic E-state index is 0.414. The molecule has 2 aliphatic rings. The molecule has 88 valence electrons. The highest BCUT2D eigenvalue weighted by molar-refractivity contribution is 5.99. The summed E-state index contributed by atoms with van der Waals surface area (Å²) in [5.74, 6) is 2.08. The molecule has 3 atom stereocenters. The van der Waals surface area contributed by atoms with Crippen molar-refractivity contribution in [1.82, 2.24) is 0 Å². The van der Waals surface area contributed by atoms with E-state index in [0.717, 1.165) is 19.3 Å². The van der Waals surface area contributed by atoms with Crippen LogP contribution in [0.5, 0.6) is 0 Å². The molecule has 0 spiro atoms. The van der Waals surface area contributed by atoms with E-state index in [1.54, 1.807) is 0 Å². The number of Topliss-reactive ketones (excluding diaryl/α,β-unsaturated/α-hetero) is 1. The van der Waals surface area contributed by atoms with Crippen LogP contribution in [0.25, 0.3) is 0 Å². The van der Waals surface area contributed by atoms with Gasteiger partial charge in [0.15, 0.2) is 5.78 Å². The van der Waals surface area contributed by atoms with E-state index in [2.05, 4.69) is 27.4 Å². The molecule has 2 rings (SSSR count). The molecular weight excluding hydrogens is 196 g/mol. The van der Waals surface area contributed by atoms with Crippen molar-refractivity contribution < 1.29 is 4.79 Å². The molecule has 0 amide bonds. The van der Waals surface area contributed by atoms with Gasteiger partial charge in [0.2, 0.25) is 0 Å². The molecule has 0 aliphatic heterocycles. The summed E-state index contributed by atoms with van der Waals surface area (Å²) in [6.07, 6.45) is 4.18. The molecule has 0 aromatic rings. The predicted octanol–water partition coefficient (Wildman–Crippen LogP) is 3.90. The Morgan fingerprint density at radius 3 is 2.75 bits per heavy atom. The fourth-order valence-electron chi connectivity index (χ4n) is 3.34. The molecule has 0 bridgehead atoms. The van der Waals surface area contributed by atoms with Gasteiger partial charge in [-0.05, 0) is 56.4 Å². The second-order valence-corrected chi connectivity index (χ2v) is 5.72. The average Bonchev–Trinajstić information content (AvgIpc) is 2.39. The zero-order valence-corrected chi connectivity index (χ0v) is 10.7. The minimum absolute atomic E-state index is 0.414. The number of ketones is 1. The summed E-state index contributed by atoms with van der Waals surface area (Å²) in [6.45, 7) is 10.6. The van der Waals surface area contributed by atoms with Crippen LogP contribution in [0.4, 0.5) is 0 Å². The molecule has 1 fully saturated rings. The van der Waals surface area contributed by atoms with Crippen molar-refractivity contribution in [2.45, 2.75) is 46.5 Å². The van der Waals surface area contributed by atoms with Crippen molar-refractivity contribution in [1.29, 1.82) is 0 Å². The Kier molecular flexibility index (Phi) is 3.05. The summed E-state index contributed by atoms with van der Waals surface area (Å²) in [6, 6.07) is 0. The molecule has 0 heterocycles. The number of hydrogen-bond donors (Lipinski definition) is 0. The number of rotatable bonds is 1. The van der Waals surface area contributed by atoms with Gasteiger partial charge in [-0.25, -0.2) is 0 Å². The van der Waals surface area contributed by atoms with Gasteiger partial charge in [0.05, 0.1) is 0 Å². The maximum Gasteiger partial charge on any atom is 0.159 e. The summed E-state index contributed by atoms with van der Waals surface area (Å²) in [5, 5.41) is 0. The second-order valence-electron chi connectivity index (χ2n) is 5.72. The van der Waals surface area contributed by atoms with E-state index in [0.29, 0.717) is 23.5 Å². The van der Waals surface area contributed by atoms with Crippen LogP contribution in [0.2, 0.25) is 0 Å². The molecule has 2 aliphatic carbocycles. The number of carbonyl (C=O) groups is 1. The quantitative estimate of drug-likeness (QED) is 0.610. The van der Waals surface area contributed by atoms with Gasteiger partial charge in [-0.3, -0.25) is 4.79 Å². The van der Waals surface area contributed by atoms with E-state index < -0.39 is 0 Å². The van der Waals surface area contributed by atoms with Crippen molar-refractivity contribution in [3.05, 3.63) is 23.3 Å². The van der Waals surface area contributed by atoms with Gasteiger partial charge in [-0.2, -0.15) is 0 Å². The lowest BCUT2D eigenvalue weighted by Crippen LogP contribution is -2.12. The van der Waals surface area contributed by atoms with Crippen molar-refractivity contribution >= 4 is 5.78 Å². The first-order valence-electron chi connectivity index (χ1n) is 6.39. The predicted molar refractivity (Wildman–Crippen MR) is 67.1 cm³/mol. The molecule has 1 saturated carbocycles. The standard InChI is InChI=1S/C15H22O/c1-9(2)12-6-5-10(3)15-13(8-12)11(4)7-14(15)16/h11-13H,1,5-8H2,2-4H3/t11-,12?,13?/m0/s1. The van der Waals surface area contributed by atoms with E-state index in [-0.39, 0.29) is 0 Å². The highest BCUT2D eigenvalue weighted by atomic mass is 16.1. The molecule has 1 heteroatoms. The van der Waals surface area contributed by atoms with Crippen LogP contribution < -0.4 is 0 Å². The molecule has 1 nitrogen and oxygen atoms in total. The van der Waals surface area contributed by atoms with Crippen LogP contribution in [0.1, 0.15) is 46.5 Å². The third-order valence-electron chi connectivity index (χ3n) is 4.43. The summed E-state index contributed by atoms with van der Waals surface area (Å²) in [5.41, 5.74) is 3.82. The number of carbonyl (C=O) groups excluding carboxylic acids is 1. The first-order chi connectivity index (χ1) is 7.50. The van der Waals surface area contributed by atoms with E-state index in [1.807, 2.05) is 0 Å². The lowest BCUT2D eigenvalue weighted by Gasteiger charge is -2.21. The van der Waals surface area contributed by atoms with Gasteiger partial charge in [-0.15, -0.1) is 0 Å². The number of fused-ring (bicyclic) bond motifs is 1. The molecule has 2 unspecified atom stereocenters. The smallest absolute Gasteiger partial charge is 0.159 e. The monoisotopic (exact) mass is 218 g/mol. The number of hydrogen-bond acceptors (Lipinski definition) is 1. The Balaban J connectivity index is 2.31. The molecule has 0 saturated heterocycles. The maximum atomic E-state index is 12.0. The van der Waals surface area contributed by atoms with Crippen LogP contribution in [0.15, 0.2) is 23.3 Å². The molecule has 0 aromatic carbocycles.